The lowest BCUT2D eigenvalue weighted by Crippen LogP contribution is -2.36. The molecule has 0 unspecified atom stereocenters. The van der Waals surface area contributed by atoms with Crippen molar-refractivity contribution in [2.24, 2.45) is 5.41 Å². The summed E-state index contributed by atoms with van der Waals surface area (Å²) in [4.78, 5) is 23.1. The number of aliphatic carboxylic acids is 1. The molecule has 2 N–H and O–H groups in total. The Morgan fingerprint density at radius 2 is 2.05 bits per heavy atom. The van der Waals surface area contributed by atoms with Crippen LogP contribution in [-0.2, 0) is 22.7 Å². The highest BCUT2D eigenvalue weighted by Gasteiger charge is 2.56. The minimum Gasteiger partial charge on any atom is -0.480 e. The number of carbonyl (C=O) groups excluding carboxylic acids is 1. The number of nitrogens with zero attached hydrogens (tertiary/aromatic N) is 2. The van der Waals surface area contributed by atoms with Crippen LogP contribution in [0.1, 0.15) is 24.0 Å². The first kappa shape index (κ1) is 14.3. The van der Waals surface area contributed by atoms with E-state index in [2.05, 4.69) is 10.4 Å². The molecule has 0 spiro atoms. The van der Waals surface area contributed by atoms with Gasteiger partial charge in [0.1, 0.15) is 5.41 Å². The fraction of sp³-hybridized carbons (Fsp3) is 0.312. The van der Waals surface area contributed by atoms with E-state index in [1.165, 1.54) is 0 Å². The van der Waals surface area contributed by atoms with Gasteiger partial charge >= 0.3 is 5.97 Å². The van der Waals surface area contributed by atoms with Gasteiger partial charge < -0.3 is 10.4 Å². The van der Waals surface area contributed by atoms with E-state index >= 15 is 0 Å². The SMILES string of the molecule is O=C(O)C1(C(=O)NCc2cccc(Cn3cccn3)c2)CC1. The smallest absolute Gasteiger partial charge is 0.319 e. The van der Waals surface area contributed by atoms with Crippen LogP contribution in [0.2, 0.25) is 0 Å². The van der Waals surface area contributed by atoms with Crippen LogP contribution in [0.25, 0.3) is 0 Å². The summed E-state index contributed by atoms with van der Waals surface area (Å²) in [5, 5.41) is 16.0. The number of hydrogen-bond acceptors (Lipinski definition) is 3. The normalized spacial score (nSPS) is 15.3. The molecule has 114 valence electrons. The molecule has 1 aromatic carbocycles. The first-order valence-electron chi connectivity index (χ1n) is 7.17. The molecule has 1 saturated carbocycles. The molecule has 1 heterocycles. The van der Waals surface area contributed by atoms with Crippen LogP contribution in [0.15, 0.2) is 42.7 Å². The van der Waals surface area contributed by atoms with E-state index in [1.807, 2.05) is 41.2 Å². The third-order valence-electron chi connectivity index (χ3n) is 3.94. The highest BCUT2D eigenvalue weighted by molar-refractivity contribution is 6.04. The van der Waals surface area contributed by atoms with E-state index in [4.69, 9.17) is 5.11 Å². The second-order valence-electron chi connectivity index (χ2n) is 5.59. The van der Waals surface area contributed by atoms with Crippen LogP contribution in [0.5, 0.6) is 0 Å². The third kappa shape index (κ3) is 2.86. The van der Waals surface area contributed by atoms with Gasteiger partial charge in [-0.3, -0.25) is 14.3 Å². The predicted octanol–water partition coefficient (Wildman–Crippen LogP) is 1.41. The van der Waals surface area contributed by atoms with Crippen molar-refractivity contribution in [3.05, 3.63) is 53.9 Å². The van der Waals surface area contributed by atoms with Crippen LogP contribution >= 0.6 is 0 Å². The number of rotatable bonds is 6. The molecule has 0 bridgehead atoms. The Morgan fingerprint density at radius 1 is 1.27 bits per heavy atom. The molecule has 6 heteroatoms. The lowest BCUT2D eigenvalue weighted by atomic mass is 10.1. The summed E-state index contributed by atoms with van der Waals surface area (Å²) >= 11 is 0. The Hall–Kier alpha value is -2.63. The molecular formula is C16H17N3O3. The predicted molar refractivity (Wildman–Crippen MR) is 78.9 cm³/mol. The number of aromatic nitrogens is 2. The van der Waals surface area contributed by atoms with Crippen LogP contribution in [-0.4, -0.2) is 26.8 Å². The van der Waals surface area contributed by atoms with Crippen molar-refractivity contribution < 1.29 is 14.7 Å². The molecule has 0 saturated heterocycles. The van der Waals surface area contributed by atoms with Gasteiger partial charge in [-0.15, -0.1) is 0 Å². The standard InChI is InChI=1S/C16H17N3O3/c20-14(16(5-6-16)15(21)22)17-10-12-3-1-4-13(9-12)11-19-8-2-7-18-19/h1-4,7-9H,5-6,10-11H2,(H,17,20)(H,21,22). The van der Waals surface area contributed by atoms with Crippen molar-refractivity contribution in [3.63, 3.8) is 0 Å². The number of carbonyl (C=O) groups is 2. The molecule has 3 rings (SSSR count). The van der Waals surface area contributed by atoms with E-state index in [9.17, 15) is 9.59 Å². The molecule has 1 aromatic heterocycles. The van der Waals surface area contributed by atoms with E-state index in [-0.39, 0.29) is 0 Å². The Kier molecular flexibility index (Phi) is 3.66. The van der Waals surface area contributed by atoms with Crippen molar-refractivity contribution in [3.8, 4) is 0 Å². The van der Waals surface area contributed by atoms with Gasteiger partial charge in [-0.05, 0) is 30.0 Å². The fourth-order valence-corrected chi connectivity index (χ4v) is 2.43. The molecule has 1 aliphatic carbocycles. The Bertz CT molecular complexity index is 690. The van der Waals surface area contributed by atoms with Crippen molar-refractivity contribution in [2.75, 3.05) is 0 Å². The third-order valence-corrected chi connectivity index (χ3v) is 3.94. The van der Waals surface area contributed by atoms with E-state index in [0.717, 1.165) is 11.1 Å². The molecule has 1 fully saturated rings. The first-order valence-corrected chi connectivity index (χ1v) is 7.17. The van der Waals surface area contributed by atoms with Gasteiger partial charge in [0.25, 0.3) is 0 Å². The molecule has 6 nitrogen and oxygen atoms in total. The average Bonchev–Trinajstić information content (AvgIpc) is 3.18. The van der Waals surface area contributed by atoms with Gasteiger partial charge in [-0.2, -0.15) is 5.10 Å². The zero-order valence-corrected chi connectivity index (χ0v) is 12.0. The van der Waals surface area contributed by atoms with E-state index < -0.39 is 17.3 Å². The summed E-state index contributed by atoms with van der Waals surface area (Å²) in [6.07, 6.45) is 4.46. The minimum atomic E-state index is -1.19. The van der Waals surface area contributed by atoms with Crippen molar-refractivity contribution in [1.29, 1.82) is 0 Å². The average molecular weight is 299 g/mol. The molecule has 0 radical (unpaired) electrons. The van der Waals surface area contributed by atoms with E-state index in [1.54, 1.807) is 6.20 Å². The van der Waals surface area contributed by atoms with Crippen LogP contribution in [0.3, 0.4) is 0 Å². The Morgan fingerprint density at radius 3 is 2.68 bits per heavy atom. The lowest BCUT2D eigenvalue weighted by Gasteiger charge is -2.11. The molecule has 1 aliphatic rings. The lowest BCUT2D eigenvalue weighted by molar-refractivity contribution is -0.149. The number of hydrogen-bond donors (Lipinski definition) is 2. The van der Waals surface area contributed by atoms with Gasteiger partial charge in [-0.1, -0.05) is 24.3 Å². The summed E-state index contributed by atoms with van der Waals surface area (Å²) in [6, 6.07) is 9.68. The molecule has 22 heavy (non-hydrogen) atoms. The largest absolute Gasteiger partial charge is 0.480 e. The zero-order valence-electron chi connectivity index (χ0n) is 12.0. The molecular weight excluding hydrogens is 282 g/mol. The molecule has 1 amide bonds. The molecule has 0 atom stereocenters. The summed E-state index contributed by atoms with van der Waals surface area (Å²) in [6.45, 7) is 0.995. The number of carboxylic acid groups (broad SMARTS) is 1. The van der Waals surface area contributed by atoms with Gasteiger partial charge in [-0.25, -0.2) is 0 Å². The van der Waals surface area contributed by atoms with Crippen molar-refractivity contribution >= 4 is 11.9 Å². The second-order valence-corrected chi connectivity index (χ2v) is 5.59. The maximum absolute atomic E-state index is 12.0. The monoisotopic (exact) mass is 299 g/mol. The highest BCUT2D eigenvalue weighted by atomic mass is 16.4. The minimum absolute atomic E-state index is 0.334. The zero-order chi connectivity index (χ0) is 15.6. The van der Waals surface area contributed by atoms with Crippen molar-refractivity contribution in [2.45, 2.75) is 25.9 Å². The Labute approximate surface area is 127 Å². The Balaban J connectivity index is 1.61. The number of nitrogens with one attached hydrogen (secondary N) is 1. The van der Waals surface area contributed by atoms with E-state index in [0.29, 0.717) is 25.9 Å². The highest BCUT2D eigenvalue weighted by Crippen LogP contribution is 2.46. The van der Waals surface area contributed by atoms with Gasteiger partial charge in [0, 0.05) is 18.9 Å². The topological polar surface area (TPSA) is 84.2 Å². The quantitative estimate of drug-likeness (QED) is 0.790. The number of carboxylic acids is 1. The van der Waals surface area contributed by atoms with Gasteiger partial charge in [0.15, 0.2) is 0 Å². The summed E-state index contributed by atoms with van der Waals surface area (Å²) in [5.74, 6) is -1.42. The summed E-state index contributed by atoms with van der Waals surface area (Å²) < 4.78 is 1.82. The molecule has 0 aliphatic heterocycles. The van der Waals surface area contributed by atoms with Crippen LogP contribution in [0, 0.1) is 5.41 Å². The molecule has 2 aromatic rings. The first-order chi connectivity index (χ1) is 10.6. The van der Waals surface area contributed by atoms with Crippen LogP contribution < -0.4 is 5.32 Å². The van der Waals surface area contributed by atoms with Crippen molar-refractivity contribution in [1.82, 2.24) is 15.1 Å². The summed E-state index contributed by atoms with van der Waals surface area (Å²) in [7, 11) is 0. The fourth-order valence-electron chi connectivity index (χ4n) is 2.43. The van der Waals surface area contributed by atoms with Gasteiger partial charge in [0.05, 0.1) is 6.54 Å². The maximum Gasteiger partial charge on any atom is 0.319 e. The van der Waals surface area contributed by atoms with Gasteiger partial charge in [0.2, 0.25) is 5.91 Å². The number of amides is 1. The maximum atomic E-state index is 12.0. The second kappa shape index (κ2) is 5.63. The van der Waals surface area contributed by atoms with Crippen LogP contribution in [0.4, 0.5) is 0 Å². The number of benzene rings is 1. The summed E-state index contributed by atoms with van der Waals surface area (Å²) in [5.41, 5.74) is 0.834.